The van der Waals surface area contributed by atoms with Gasteiger partial charge < -0.3 is 9.47 Å². The zero-order valence-electron chi connectivity index (χ0n) is 11.2. The van der Waals surface area contributed by atoms with Gasteiger partial charge in [0.15, 0.2) is 6.29 Å². The number of nitrogens with two attached hydrogens (primary N) is 1. The fourth-order valence-electron chi connectivity index (χ4n) is 2.11. The topological polar surface area (TPSA) is 69.4 Å². The van der Waals surface area contributed by atoms with Gasteiger partial charge in [0.2, 0.25) is 0 Å². The monoisotopic (exact) mass is 261 g/mol. The minimum absolute atomic E-state index is 0.149. The summed E-state index contributed by atoms with van der Waals surface area (Å²) in [5, 5.41) is 1.12. The van der Waals surface area contributed by atoms with Crippen molar-refractivity contribution in [2.75, 3.05) is 14.2 Å². The molecule has 5 nitrogen and oxygen atoms in total. The summed E-state index contributed by atoms with van der Waals surface area (Å²) >= 11 is 0. The number of aromatic nitrogens is 1. The molecule has 0 amide bonds. The Kier molecular flexibility index (Phi) is 4.81. The van der Waals surface area contributed by atoms with Gasteiger partial charge in [-0.05, 0) is 12.1 Å². The summed E-state index contributed by atoms with van der Waals surface area (Å²) in [6.45, 7) is 0. The predicted molar refractivity (Wildman–Crippen MR) is 74.4 cm³/mol. The van der Waals surface area contributed by atoms with Gasteiger partial charge >= 0.3 is 0 Å². The third-order valence-corrected chi connectivity index (χ3v) is 3.09. The van der Waals surface area contributed by atoms with Crippen molar-refractivity contribution in [3.8, 4) is 0 Å². The average Bonchev–Trinajstić information content (AvgIpc) is 2.47. The number of hydrazine groups is 1. The van der Waals surface area contributed by atoms with Crippen LogP contribution >= 0.6 is 0 Å². The van der Waals surface area contributed by atoms with E-state index in [1.165, 1.54) is 0 Å². The van der Waals surface area contributed by atoms with Crippen LogP contribution in [0.4, 0.5) is 0 Å². The van der Waals surface area contributed by atoms with E-state index >= 15 is 0 Å². The summed E-state index contributed by atoms with van der Waals surface area (Å²) in [5.41, 5.74) is 4.63. The molecular weight excluding hydrogens is 242 g/mol. The fourth-order valence-corrected chi connectivity index (χ4v) is 2.11. The lowest BCUT2D eigenvalue weighted by atomic mass is 10.1. The molecule has 1 heterocycles. The second kappa shape index (κ2) is 6.58. The zero-order valence-corrected chi connectivity index (χ0v) is 11.2. The maximum Gasteiger partial charge on any atom is 0.173 e. The summed E-state index contributed by atoms with van der Waals surface area (Å²) in [6.07, 6.45) is 0.228. The average molecular weight is 261 g/mol. The molecule has 102 valence electrons. The van der Waals surface area contributed by atoms with Crippen LogP contribution in [0.5, 0.6) is 0 Å². The number of ether oxygens (including phenoxy) is 2. The first-order chi connectivity index (χ1) is 9.28. The minimum atomic E-state index is -0.404. The van der Waals surface area contributed by atoms with Crippen molar-refractivity contribution >= 4 is 10.9 Å². The Balaban J connectivity index is 2.19. The maximum atomic E-state index is 5.55. The molecule has 0 saturated carbocycles. The molecule has 0 aliphatic carbocycles. The maximum absolute atomic E-state index is 5.55. The van der Waals surface area contributed by atoms with Crippen molar-refractivity contribution in [3.63, 3.8) is 0 Å². The molecule has 0 radical (unpaired) electrons. The Labute approximate surface area is 112 Å². The SMILES string of the molecule is COC(OC)C(Cc1ccc2ccccc2n1)NN. The van der Waals surface area contributed by atoms with Crippen molar-refractivity contribution in [2.24, 2.45) is 5.84 Å². The van der Waals surface area contributed by atoms with Crippen LogP contribution in [-0.4, -0.2) is 31.5 Å². The normalized spacial score (nSPS) is 13.1. The lowest BCUT2D eigenvalue weighted by molar-refractivity contribution is -0.122. The van der Waals surface area contributed by atoms with E-state index in [1.807, 2.05) is 30.3 Å². The lowest BCUT2D eigenvalue weighted by Crippen LogP contribution is -2.47. The van der Waals surface area contributed by atoms with E-state index in [1.54, 1.807) is 14.2 Å². The molecule has 3 N–H and O–H groups in total. The van der Waals surface area contributed by atoms with Crippen LogP contribution in [0, 0.1) is 0 Å². The van der Waals surface area contributed by atoms with Crippen LogP contribution in [0.15, 0.2) is 36.4 Å². The zero-order chi connectivity index (χ0) is 13.7. The lowest BCUT2D eigenvalue weighted by Gasteiger charge is -2.23. The van der Waals surface area contributed by atoms with Gasteiger partial charge in [0.25, 0.3) is 0 Å². The number of hydrogen-bond acceptors (Lipinski definition) is 5. The largest absolute Gasteiger partial charge is 0.354 e. The van der Waals surface area contributed by atoms with E-state index < -0.39 is 6.29 Å². The molecule has 19 heavy (non-hydrogen) atoms. The van der Waals surface area contributed by atoms with Crippen molar-refractivity contribution < 1.29 is 9.47 Å². The van der Waals surface area contributed by atoms with Crippen molar-refractivity contribution in [1.29, 1.82) is 0 Å². The molecule has 0 saturated heterocycles. The van der Waals surface area contributed by atoms with Crippen LogP contribution in [0.3, 0.4) is 0 Å². The van der Waals surface area contributed by atoms with Crippen LogP contribution in [-0.2, 0) is 15.9 Å². The minimum Gasteiger partial charge on any atom is -0.354 e. The highest BCUT2D eigenvalue weighted by molar-refractivity contribution is 5.78. The number of benzene rings is 1. The number of nitrogens with zero attached hydrogens (tertiary/aromatic N) is 1. The molecule has 5 heteroatoms. The summed E-state index contributed by atoms with van der Waals surface area (Å²) in [5.74, 6) is 5.55. The third-order valence-electron chi connectivity index (χ3n) is 3.09. The fraction of sp³-hybridized carbons (Fsp3) is 0.357. The summed E-state index contributed by atoms with van der Waals surface area (Å²) in [4.78, 5) is 4.61. The van der Waals surface area contributed by atoms with Crippen molar-refractivity contribution in [1.82, 2.24) is 10.4 Å². The number of pyridine rings is 1. The van der Waals surface area contributed by atoms with Crippen molar-refractivity contribution in [3.05, 3.63) is 42.1 Å². The van der Waals surface area contributed by atoms with Gasteiger partial charge in [-0.15, -0.1) is 0 Å². The standard InChI is InChI=1S/C14H19N3O2/c1-18-14(19-2)13(17-15)9-11-8-7-10-5-3-4-6-12(10)16-11/h3-8,13-14,17H,9,15H2,1-2H3. The second-order valence-electron chi connectivity index (χ2n) is 4.31. The molecule has 1 atom stereocenters. The molecule has 2 rings (SSSR count). The highest BCUT2D eigenvalue weighted by Gasteiger charge is 2.20. The number of hydrogen-bond donors (Lipinski definition) is 2. The molecule has 1 aromatic carbocycles. The molecule has 0 aliphatic rings. The molecular formula is C14H19N3O2. The Morgan fingerprint density at radius 1 is 1.16 bits per heavy atom. The van der Waals surface area contributed by atoms with Gasteiger partial charge in [0, 0.05) is 31.7 Å². The Hall–Kier alpha value is -1.53. The Morgan fingerprint density at radius 3 is 2.58 bits per heavy atom. The Morgan fingerprint density at radius 2 is 1.89 bits per heavy atom. The smallest absolute Gasteiger partial charge is 0.173 e. The number of fused-ring (bicyclic) bond motifs is 1. The molecule has 0 spiro atoms. The van der Waals surface area contributed by atoms with E-state index in [2.05, 4.69) is 16.5 Å². The Bertz CT molecular complexity index is 529. The molecule has 1 unspecified atom stereocenters. The van der Waals surface area contributed by atoms with Crippen LogP contribution in [0.2, 0.25) is 0 Å². The van der Waals surface area contributed by atoms with E-state index in [0.29, 0.717) is 6.42 Å². The number of methoxy groups -OCH3 is 2. The van der Waals surface area contributed by atoms with Gasteiger partial charge in [-0.1, -0.05) is 24.3 Å². The first-order valence-corrected chi connectivity index (χ1v) is 6.15. The molecule has 0 fully saturated rings. The third kappa shape index (κ3) is 3.27. The second-order valence-corrected chi connectivity index (χ2v) is 4.31. The van der Waals surface area contributed by atoms with Gasteiger partial charge in [-0.25, -0.2) is 0 Å². The molecule has 2 aromatic rings. The van der Waals surface area contributed by atoms with Gasteiger partial charge in [-0.2, -0.15) is 0 Å². The number of rotatable bonds is 6. The molecule has 0 aliphatic heterocycles. The highest BCUT2D eigenvalue weighted by atomic mass is 16.7. The molecule has 1 aromatic heterocycles. The number of para-hydroxylation sites is 1. The van der Waals surface area contributed by atoms with E-state index in [0.717, 1.165) is 16.6 Å². The predicted octanol–water partition coefficient (Wildman–Crippen LogP) is 1.23. The first kappa shape index (κ1) is 13.9. The van der Waals surface area contributed by atoms with Crippen LogP contribution < -0.4 is 11.3 Å². The van der Waals surface area contributed by atoms with Crippen molar-refractivity contribution in [2.45, 2.75) is 18.8 Å². The van der Waals surface area contributed by atoms with Crippen LogP contribution in [0.1, 0.15) is 5.69 Å². The number of nitrogens with one attached hydrogen (secondary N) is 1. The van der Waals surface area contributed by atoms with E-state index in [4.69, 9.17) is 15.3 Å². The quantitative estimate of drug-likeness (QED) is 0.465. The van der Waals surface area contributed by atoms with Gasteiger partial charge in [0.1, 0.15) is 0 Å². The summed E-state index contributed by atoms with van der Waals surface area (Å²) in [6, 6.07) is 11.9. The molecule has 0 bridgehead atoms. The van der Waals surface area contributed by atoms with Gasteiger partial charge in [-0.3, -0.25) is 16.3 Å². The summed E-state index contributed by atoms with van der Waals surface area (Å²) in [7, 11) is 3.18. The highest BCUT2D eigenvalue weighted by Crippen LogP contribution is 2.14. The summed E-state index contributed by atoms with van der Waals surface area (Å²) < 4.78 is 10.4. The van der Waals surface area contributed by atoms with E-state index in [9.17, 15) is 0 Å². The van der Waals surface area contributed by atoms with Crippen LogP contribution in [0.25, 0.3) is 10.9 Å². The van der Waals surface area contributed by atoms with E-state index in [-0.39, 0.29) is 6.04 Å². The van der Waals surface area contributed by atoms with Gasteiger partial charge in [0.05, 0.1) is 11.6 Å². The first-order valence-electron chi connectivity index (χ1n) is 6.15.